The first-order valence-corrected chi connectivity index (χ1v) is 7.82. The Bertz CT molecular complexity index is 744. The minimum Gasteiger partial charge on any atom is -0.485 e. The van der Waals surface area contributed by atoms with Gasteiger partial charge in [-0.2, -0.15) is 0 Å². The molecule has 23 heavy (non-hydrogen) atoms. The highest BCUT2D eigenvalue weighted by Gasteiger charge is 2.30. The number of nitrogens with zero attached hydrogens (tertiary/aromatic N) is 1. The lowest BCUT2D eigenvalue weighted by Gasteiger charge is -2.15. The van der Waals surface area contributed by atoms with Crippen molar-refractivity contribution in [3.05, 3.63) is 30.5 Å². The maximum atomic E-state index is 11.8. The molecule has 1 aliphatic heterocycles. The first kappa shape index (κ1) is 14.4. The van der Waals surface area contributed by atoms with E-state index in [0.29, 0.717) is 24.8 Å². The molecule has 6 nitrogen and oxygen atoms in total. The molecule has 0 spiro atoms. The molecule has 1 aromatic heterocycles. The van der Waals surface area contributed by atoms with Crippen LogP contribution in [0.3, 0.4) is 0 Å². The van der Waals surface area contributed by atoms with Crippen LogP contribution in [0.1, 0.15) is 12.8 Å². The zero-order valence-electron chi connectivity index (χ0n) is 12.6. The van der Waals surface area contributed by atoms with Crippen molar-refractivity contribution in [2.24, 2.45) is 5.92 Å². The lowest BCUT2D eigenvalue weighted by atomic mass is 10.1. The Kier molecular flexibility index (Phi) is 3.63. The Labute approximate surface area is 133 Å². The summed E-state index contributed by atoms with van der Waals surface area (Å²) in [6, 6.07) is 7.49. The van der Waals surface area contributed by atoms with E-state index in [0.717, 1.165) is 23.6 Å². The van der Waals surface area contributed by atoms with Crippen molar-refractivity contribution in [1.82, 2.24) is 4.98 Å². The van der Waals surface area contributed by atoms with E-state index < -0.39 is 6.10 Å². The molecule has 120 valence electrons. The number of aliphatic hydroxyl groups excluding tert-OH is 1. The molecular formula is C17H18N2O4. The van der Waals surface area contributed by atoms with Gasteiger partial charge in [-0.05, 0) is 36.4 Å². The summed E-state index contributed by atoms with van der Waals surface area (Å²) < 4.78 is 10.9. The van der Waals surface area contributed by atoms with Crippen LogP contribution < -0.4 is 10.1 Å². The van der Waals surface area contributed by atoms with Gasteiger partial charge < -0.3 is 19.9 Å². The molecule has 0 radical (unpaired) electrons. The molecule has 6 heteroatoms. The van der Waals surface area contributed by atoms with Gasteiger partial charge in [0.05, 0.1) is 13.2 Å². The smallest absolute Gasteiger partial charge is 0.228 e. The van der Waals surface area contributed by atoms with Crippen molar-refractivity contribution in [1.29, 1.82) is 0 Å². The molecule has 1 saturated carbocycles. The van der Waals surface area contributed by atoms with E-state index >= 15 is 0 Å². The minimum absolute atomic E-state index is 0.0482. The molecule has 2 fully saturated rings. The van der Waals surface area contributed by atoms with Gasteiger partial charge in [0.1, 0.15) is 23.8 Å². The summed E-state index contributed by atoms with van der Waals surface area (Å²) in [7, 11) is 0. The highest BCUT2D eigenvalue weighted by molar-refractivity contribution is 5.95. The van der Waals surface area contributed by atoms with Crippen LogP contribution in [0.25, 0.3) is 10.8 Å². The number of hydrogen-bond donors (Lipinski definition) is 2. The molecule has 1 amide bonds. The molecule has 1 aliphatic carbocycles. The normalized spacial score (nSPS) is 23.9. The Morgan fingerprint density at radius 3 is 2.87 bits per heavy atom. The number of benzene rings is 1. The number of aliphatic hydroxyl groups is 1. The first-order valence-electron chi connectivity index (χ1n) is 7.82. The SMILES string of the molecule is O=C(Nc1cc2ccc(O[C@@H]3COC[C@@H]3O)cc2cn1)C1CC1. The predicted molar refractivity (Wildman–Crippen MR) is 84.3 cm³/mol. The number of rotatable bonds is 4. The second kappa shape index (κ2) is 5.79. The summed E-state index contributed by atoms with van der Waals surface area (Å²) in [5.74, 6) is 1.45. The van der Waals surface area contributed by atoms with Crippen molar-refractivity contribution >= 4 is 22.5 Å². The van der Waals surface area contributed by atoms with Crippen molar-refractivity contribution in [2.75, 3.05) is 18.5 Å². The zero-order chi connectivity index (χ0) is 15.8. The maximum absolute atomic E-state index is 11.8. The number of ether oxygens (including phenoxy) is 2. The number of amides is 1. The monoisotopic (exact) mass is 314 g/mol. The van der Waals surface area contributed by atoms with Gasteiger partial charge in [0, 0.05) is 17.5 Å². The molecule has 2 aromatic rings. The molecule has 1 saturated heterocycles. The highest BCUT2D eigenvalue weighted by atomic mass is 16.6. The van der Waals surface area contributed by atoms with Crippen molar-refractivity contribution in [3.8, 4) is 5.75 Å². The van der Waals surface area contributed by atoms with Gasteiger partial charge in [0.15, 0.2) is 0 Å². The topological polar surface area (TPSA) is 80.7 Å². The number of carbonyl (C=O) groups is 1. The third kappa shape index (κ3) is 3.13. The number of nitrogens with one attached hydrogen (secondary N) is 1. The molecule has 0 bridgehead atoms. The fourth-order valence-electron chi connectivity index (χ4n) is 2.65. The lowest BCUT2D eigenvalue weighted by Crippen LogP contribution is -2.29. The fourth-order valence-corrected chi connectivity index (χ4v) is 2.65. The Morgan fingerprint density at radius 2 is 2.13 bits per heavy atom. The van der Waals surface area contributed by atoms with E-state index in [1.165, 1.54) is 0 Å². The number of hydrogen-bond acceptors (Lipinski definition) is 5. The van der Waals surface area contributed by atoms with Gasteiger partial charge >= 0.3 is 0 Å². The van der Waals surface area contributed by atoms with Crippen LogP contribution in [-0.2, 0) is 9.53 Å². The van der Waals surface area contributed by atoms with Crippen molar-refractivity contribution in [3.63, 3.8) is 0 Å². The first-order chi connectivity index (χ1) is 11.2. The third-order valence-electron chi connectivity index (χ3n) is 4.18. The summed E-state index contributed by atoms with van der Waals surface area (Å²) in [5, 5.41) is 14.5. The average Bonchev–Trinajstić information content (AvgIpc) is 3.32. The zero-order valence-corrected chi connectivity index (χ0v) is 12.6. The summed E-state index contributed by atoms with van der Waals surface area (Å²) >= 11 is 0. The highest BCUT2D eigenvalue weighted by Crippen LogP contribution is 2.30. The molecule has 2 aliphatic rings. The van der Waals surface area contributed by atoms with Crippen LogP contribution >= 0.6 is 0 Å². The third-order valence-corrected chi connectivity index (χ3v) is 4.18. The van der Waals surface area contributed by atoms with Crippen LogP contribution in [0.5, 0.6) is 5.75 Å². The van der Waals surface area contributed by atoms with E-state index in [1.54, 1.807) is 6.20 Å². The molecule has 2 heterocycles. The predicted octanol–water partition coefficient (Wildman–Crippen LogP) is 1.72. The van der Waals surface area contributed by atoms with Gasteiger partial charge in [0.2, 0.25) is 5.91 Å². The summed E-state index contributed by atoms with van der Waals surface area (Å²) in [6.07, 6.45) is 2.72. The lowest BCUT2D eigenvalue weighted by molar-refractivity contribution is -0.117. The van der Waals surface area contributed by atoms with Gasteiger partial charge in [0.25, 0.3) is 0 Å². The van der Waals surface area contributed by atoms with Gasteiger partial charge in [-0.25, -0.2) is 4.98 Å². The molecule has 0 unspecified atom stereocenters. The van der Waals surface area contributed by atoms with E-state index in [9.17, 15) is 9.90 Å². The molecule has 4 rings (SSSR count). The number of pyridine rings is 1. The number of anilines is 1. The number of carbonyl (C=O) groups excluding carboxylic acids is 1. The largest absolute Gasteiger partial charge is 0.485 e. The summed E-state index contributed by atoms with van der Waals surface area (Å²) in [6.45, 7) is 0.702. The van der Waals surface area contributed by atoms with Crippen LogP contribution in [0.15, 0.2) is 30.5 Å². The Hall–Kier alpha value is -2.18. The Balaban J connectivity index is 1.51. The molecule has 2 atom stereocenters. The molecular weight excluding hydrogens is 296 g/mol. The fraction of sp³-hybridized carbons (Fsp3) is 0.412. The number of fused-ring (bicyclic) bond motifs is 1. The van der Waals surface area contributed by atoms with E-state index in [2.05, 4.69) is 10.3 Å². The summed E-state index contributed by atoms with van der Waals surface area (Å²) in [5.41, 5.74) is 0. The van der Waals surface area contributed by atoms with Gasteiger partial charge in [-0.15, -0.1) is 0 Å². The number of aromatic nitrogens is 1. The quantitative estimate of drug-likeness (QED) is 0.898. The maximum Gasteiger partial charge on any atom is 0.228 e. The summed E-state index contributed by atoms with van der Waals surface area (Å²) in [4.78, 5) is 16.1. The van der Waals surface area contributed by atoms with Crippen molar-refractivity contribution in [2.45, 2.75) is 25.0 Å². The van der Waals surface area contributed by atoms with E-state index in [1.807, 2.05) is 24.3 Å². The standard InChI is InChI=1S/C17H18N2O4/c20-14-8-22-9-15(14)23-13-4-3-11-6-16(18-7-12(11)5-13)19-17(21)10-1-2-10/h3-7,10,14-15,20H,1-2,8-9H2,(H,18,19,21)/t14-,15+/m0/s1. The van der Waals surface area contributed by atoms with Gasteiger partial charge in [-0.3, -0.25) is 4.79 Å². The van der Waals surface area contributed by atoms with Crippen molar-refractivity contribution < 1.29 is 19.4 Å². The molecule has 1 aromatic carbocycles. The van der Waals surface area contributed by atoms with Crippen LogP contribution in [-0.4, -0.2) is 41.4 Å². The Morgan fingerprint density at radius 1 is 1.26 bits per heavy atom. The molecule has 2 N–H and O–H groups in total. The second-order valence-electron chi connectivity index (χ2n) is 6.10. The average molecular weight is 314 g/mol. The second-order valence-corrected chi connectivity index (χ2v) is 6.10. The minimum atomic E-state index is -0.594. The van der Waals surface area contributed by atoms with Crippen LogP contribution in [0.4, 0.5) is 5.82 Å². The van der Waals surface area contributed by atoms with E-state index in [4.69, 9.17) is 9.47 Å². The van der Waals surface area contributed by atoms with Crippen LogP contribution in [0, 0.1) is 5.92 Å². The van der Waals surface area contributed by atoms with Crippen LogP contribution in [0.2, 0.25) is 0 Å². The van der Waals surface area contributed by atoms with Gasteiger partial charge in [-0.1, -0.05) is 6.07 Å². The van der Waals surface area contributed by atoms with E-state index in [-0.39, 0.29) is 17.9 Å².